The van der Waals surface area contributed by atoms with Gasteiger partial charge in [-0.25, -0.2) is 0 Å². The molecule has 1 aromatic carbocycles. The van der Waals surface area contributed by atoms with Crippen LogP contribution >= 0.6 is 0 Å². The van der Waals surface area contributed by atoms with Crippen molar-refractivity contribution >= 4 is 11.9 Å². The molecule has 1 N–H and O–H groups in total. The molecular formula is C12H14O4W. The third kappa shape index (κ3) is 5.13. The molecular weight excluding hydrogens is 392 g/mol. The summed E-state index contributed by atoms with van der Waals surface area (Å²) in [4.78, 5) is 22.3. The molecule has 0 bridgehead atoms. The van der Waals surface area contributed by atoms with E-state index >= 15 is 0 Å². The number of hydrogen-bond acceptors (Lipinski definition) is 3. The van der Waals surface area contributed by atoms with Crippen molar-refractivity contribution in [2.75, 3.05) is 6.61 Å². The van der Waals surface area contributed by atoms with Gasteiger partial charge in [-0.05, 0) is 18.9 Å². The number of rotatable bonds is 5. The standard InChI is InChI=1S/C12H14O4.W/c1-2-16-12(15)10(11(13)14)8-9-6-4-3-5-7-9;/h3-7,10H,2,8H2,1H3,(H,13,14);. The molecule has 17 heavy (non-hydrogen) atoms. The first-order chi connectivity index (χ1) is 7.65. The van der Waals surface area contributed by atoms with Crippen molar-refractivity contribution in [1.82, 2.24) is 0 Å². The molecule has 0 aliphatic rings. The molecule has 0 saturated heterocycles. The Morgan fingerprint density at radius 1 is 1.29 bits per heavy atom. The second-order valence-corrected chi connectivity index (χ2v) is 3.33. The van der Waals surface area contributed by atoms with Crippen LogP contribution in [0.25, 0.3) is 0 Å². The number of carbonyl (C=O) groups excluding carboxylic acids is 1. The first-order valence-corrected chi connectivity index (χ1v) is 5.08. The van der Waals surface area contributed by atoms with Crippen molar-refractivity contribution in [2.45, 2.75) is 13.3 Å². The minimum Gasteiger partial charge on any atom is -0.481 e. The van der Waals surface area contributed by atoms with Crippen LogP contribution in [-0.2, 0) is 41.8 Å². The van der Waals surface area contributed by atoms with E-state index in [1.165, 1.54) is 0 Å². The number of carbonyl (C=O) groups is 2. The van der Waals surface area contributed by atoms with E-state index in [0.29, 0.717) is 0 Å². The summed E-state index contributed by atoms with van der Waals surface area (Å²) in [6.07, 6.45) is 0.162. The Bertz CT molecular complexity index is 364. The average Bonchev–Trinajstić information content (AvgIpc) is 2.27. The zero-order chi connectivity index (χ0) is 12.0. The van der Waals surface area contributed by atoms with E-state index in [9.17, 15) is 9.59 Å². The van der Waals surface area contributed by atoms with E-state index in [4.69, 9.17) is 9.84 Å². The Labute approximate surface area is 114 Å². The van der Waals surface area contributed by atoms with Gasteiger partial charge in [0.2, 0.25) is 0 Å². The average molecular weight is 406 g/mol. The minimum atomic E-state index is -1.15. The molecule has 0 heterocycles. The van der Waals surface area contributed by atoms with Gasteiger partial charge in [-0.15, -0.1) is 0 Å². The fourth-order valence-electron chi connectivity index (χ4n) is 1.36. The third-order valence-electron chi connectivity index (χ3n) is 2.15. The van der Waals surface area contributed by atoms with Crippen molar-refractivity contribution < 1.29 is 40.5 Å². The summed E-state index contributed by atoms with van der Waals surface area (Å²) < 4.78 is 4.72. The number of carboxylic acid groups (broad SMARTS) is 1. The fraction of sp³-hybridized carbons (Fsp3) is 0.333. The van der Waals surface area contributed by atoms with Crippen LogP contribution in [0.1, 0.15) is 12.5 Å². The SMILES string of the molecule is CCOC(=O)C(Cc1ccccc1)C(=O)O.[W]. The summed E-state index contributed by atoms with van der Waals surface area (Å²) in [5.41, 5.74) is 0.808. The van der Waals surface area contributed by atoms with Crippen LogP contribution in [0.4, 0.5) is 0 Å². The number of ether oxygens (including phenoxy) is 1. The summed E-state index contributed by atoms with van der Waals surface area (Å²) in [6.45, 7) is 1.84. The van der Waals surface area contributed by atoms with Crippen molar-refractivity contribution in [3.63, 3.8) is 0 Å². The molecule has 1 rings (SSSR count). The van der Waals surface area contributed by atoms with E-state index in [-0.39, 0.29) is 34.1 Å². The van der Waals surface area contributed by atoms with Crippen molar-refractivity contribution in [2.24, 2.45) is 5.92 Å². The maximum Gasteiger partial charge on any atom is 0.320 e. The Hall–Kier alpha value is -1.15. The topological polar surface area (TPSA) is 63.6 Å². The minimum absolute atomic E-state index is 0. The maximum absolute atomic E-state index is 11.4. The number of aliphatic carboxylic acids is 1. The molecule has 0 saturated carbocycles. The van der Waals surface area contributed by atoms with Crippen LogP contribution in [0.15, 0.2) is 30.3 Å². The molecule has 0 radical (unpaired) electrons. The molecule has 1 aromatic rings. The second-order valence-electron chi connectivity index (χ2n) is 3.33. The second kappa shape index (κ2) is 8.02. The fourth-order valence-corrected chi connectivity index (χ4v) is 1.36. The third-order valence-corrected chi connectivity index (χ3v) is 2.15. The summed E-state index contributed by atoms with van der Waals surface area (Å²) in [7, 11) is 0. The van der Waals surface area contributed by atoms with E-state index in [2.05, 4.69) is 0 Å². The number of hydrogen-bond donors (Lipinski definition) is 1. The molecule has 0 fully saturated rings. The quantitative estimate of drug-likeness (QED) is 0.595. The molecule has 0 amide bonds. The maximum atomic E-state index is 11.4. The summed E-state index contributed by atoms with van der Waals surface area (Å²) in [5, 5.41) is 8.93. The number of esters is 1. The van der Waals surface area contributed by atoms with E-state index in [1.807, 2.05) is 6.07 Å². The number of benzene rings is 1. The van der Waals surface area contributed by atoms with Crippen LogP contribution < -0.4 is 0 Å². The molecule has 0 spiro atoms. The molecule has 1 atom stereocenters. The Balaban J connectivity index is 0.00000256. The first-order valence-electron chi connectivity index (χ1n) is 5.08. The van der Waals surface area contributed by atoms with Gasteiger partial charge in [0.25, 0.3) is 0 Å². The Morgan fingerprint density at radius 3 is 2.35 bits per heavy atom. The van der Waals surface area contributed by atoms with Gasteiger partial charge in [-0.3, -0.25) is 9.59 Å². The van der Waals surface area contributed by atoms with Crippen molar-refractivity contribution in [3.05, 3.63) is 35.9 Å². The Morgan fingerprint density at radius 2 is 1.88 bits per heavy atom. The van der Waals surface area contributed by atoms with E-state index < -0.39 is 17.9 Å². The van der Waals surface area contributed by atoms with Crippen LogP contribution in [0.3, 0.4) is 0 Å². The monoisotopic (exact) mass is 406 g/mol. The molecule has 0 aliphatic heterocycles. The van der Waals surface area contributed by atoms with Crippen molar-refractivity contribution in [1.29, 1.82) is 0 Å². The molecule has 0 aliphatic carbocycles. The van der Waals surface area contributed by atoms with Gasteiger partial charge in [0, 0.05) is 21.1 Å². The van der Waals surface area contributed by atoms with Crippen LogP contribution in [0.2, 0.25) is 0 Å². The smallest absolute Gasteiger partial charge is 0.320 e. The van der Waals surface area contributed by atoms with Gasteiger partial charge in [-0.2, -0.15) is 0 Å². The summed E-state index contributed by atoms with van der Waals surface area (Å²) in [6, 6.07) is 9.02. The summed E-state index contributed by atoms with van der Waals surface area (Å²) >= 11 is 0. The number of carboxylic acids is 1. The largest absolute Gasteiger partial charge is 0.481 e. The van der Waals surface area contributed by atoms with E-state index in [1.54, 1.807) is 31.2 Å². The van der Waals surface area contributed by atoms with Gasteiger partial charge >= 0.3 is 11.9 Å². The summed E-state index contributed by atoms with van der Waals surface area (Å²) in [5.74, 6) is -2.96. The van der Waals surface area contributed by atoms with E-state index in [0.717, 1.165) is 5.56 Å². The molecule has 4 nitrogen and oxygen atoms in total. The predicted molar refractivity (Wildman–Crippen MR) is 57.9 cm³/mol. The first kappa shape index (κ1) is 15.8. The van der Waals surface area contributed by atoms with Crippen LogP contribution in [0.5, 0.6) is 0 Å². The van der Waals surface area contributed by atoms with Gasteiger partial charge in [-0.1, -0.05) is 30.3 Å². The Kier molecular flexibility index (Phi) is 7.47. The van der Waals surface area contributed by atoms with Gasteiger partial charge in [0.1, 0.15) is 0 Å². The predicted octanol–water partition coefficient (Wildman–Crippen LogP) is 1.49. The van der Waals surface area contributed by atoms with Crippen LogP contribution in [0, 0.1) is 5.92 Å². The molecule has 5 heteroatoms. The zero-order valence-electron chi connectivity index (χ0n) is 9.46. The van der Waals surface area contributed by atoms with Gasteiger partial charge < -0.3 is 9.84 Å². The van der Waals surface area contributed by atoms with Crippen LogP contribution in [-0.4, -0.2) is 23.7 Å². The van der Waals surface area contributed by atoms with Crippen molar-refractivity contribution in [3.8, 4) is 0 Å². The molecule has 1 unspecified atom stereocenters. The zero-order valence-corrected chi connectivity index (χ0v) is 12.4. The van der Waals surface area contributed by atoms with Gasteiger partial charge in [0.15, 0.2) is 5.92 Å². The molecule has 92 valence electrons. The van der Waals surface area contributed by atoms with Gasteiger partial charge in [0.05, 0.1) is 6.61 Å². The normalized spacial score (nSPS) is 11.1. The molecule has 0 aromatic heterocycles.